The van der Waals surface area contributed by atoms with Gasteiger partial charge < -0.3 is 24.5 Å². The van der Waals surface area contributed by atoms with E-state index in [9.17, 15) is 0 Å². The van der Waals surface area contributed by atoms with E-state index in [1.165, 1.54) is 0 Å². The highest BCUT2D eigenvalue weighted by atomic mass is 16.5. The zero-order valence-corrected chi connectivity index (χ0v) is 17.2. The van der Waals surface area contributed by atoms with Gasteiger partial charge in [0.2, 0.25) is 11.7 Å². The average molecular weight is 416 g/mol. The van der Waals surface area contributed by atoms with Gasteiger partial charge in [0.25, 0.3) is 0 Å². The zero-order chi connectivity index (χ0) is 21.4. The number of benzene rings is 2. The minimum absolute atomic E-state index is 0.469. The molecule has 5 rings (SSSR count). The molecule has 0 fully saturated rings. The SMILES string of the molecule is COc1cc(-c2nccc3nc(Nc4ccc5[nH]ccc5c4)nn23)cc(OC)c1OC. The molecule has 2 N–H and O–H groups in total. The Balaban J connectivity index is 1.57. The van der Waals surface area contributed by atoms with Crippen molar-refractivity contribution in [2.24, 2.45) is 0 Å². The van der Waals surface area contributed by atoms with Crippen LogP contribution in [-0.4, -0.2) is 45.9 Å². The maximum absolute atomic E-state index is 5.47. The summed E-state index contributed by atoms with van der Waals surface area (Å²) in [5.41, 5.74) is 3.38. The predicted octanol–water partition coefficient (Wildman–Crippen LogP) is 4.04. The second-order valence-electron chi connectivity index (χ2n) is 6.79. The molecule has 0 atom stereocenters. The molecule has 0 saturated heterocycles. The maximum Gasteiger partial charge on any atom is 0.247 e. The van der Waals surface area contributed by atoms with Crippen molar-refractivity contribution in [1.82, 2.24) is 24.6 Å². The van der Waals surface area contributed by atoms with Crippen molar-refractivity contribution in [3.05, 3.63) is 54.9 Å². The molecule has 3 heterocycles. The minimum atomic E-state index is 0.469. The zero-order valence-electron chi connectivity index (χ0n) is 17.2. The van der Waals surface area contributed by atoms with Crippen molar-refractivity contribution in [1.29, 1.82) is 0 Å². The van der Waals surface area contributed by atoms with E-state index in [2.05, 4.69) is 25.4 Å². The predicted molar refractivity (Wildman–Crippen MR) is 117 cm³/mol. The lowest BCUT2D eigenvalue weighted by Crippen LogP contribution is -2.00. The van der Waals surface area contributed by atoms with Crippen LogP contribution in [0.2, 0.25) is 0 Å². The number of hydrogen-bond donors (Lipinski definition) is 2. The van der Waals surface area contributed by atoms with Gasteiger partial charge in [-0.05, 0) is 36.4 Å². The first-order valence-corrected chi connectivity index (χ1v) is 9.56. The third-order valence-corrected chi connectivity index (χ3v) is 4.99. The molecule has 2 aromatic carbocycles. The Kier molecular flexibility index (Phi) is 4.55. The molecule has 0 unspecified atom stereocenters. The van der Waals surface area contributed by atoms with Crippen LogP contribution in [0.15, 0.2) is 54.9 Å². The highest BCUT2D eigenvalue weighted by Gasteiger charge is 2.17. The van der Waals surface area contributed by atoms with Crippen LogP contribution in [0.5, 0.6) is 17.2 Å². The van der Waals surface area contributed by atoms with Crippen LogP contribution < -0.4 is 19.5 Å². The largest absolute Gasteiger partial charge is 0.493 e. The van der Waals surface area contributed by atoms with E-state index in [-0.39, 0.29) is 0 Å². The monoisotopic (exact) mass is 416 g/mol. The summed E-state index contributed by atoms with van der Waals surface area (Å²) in [5.74, 6) is 2.65. The Labute approximate surface area is 177 Å². The van der Waals surface area contributed by atoms with Crippen LogP contribution in [0.25, 0.3) is 27.9 Å². The van der Waals surface area contributed by atoms with Crippen LogP contribution in [0.1, 0.15) is 0 Å². The summed E-state index contributed by atoms with van der Waals surface area (Å²) < 4.78 is 18.0. The fourth-order valence-corrected chi connectivity index (χ4v) is 3.54. The Morgan fingerprint density at radius 3 is 2.48 bits per heavy atom. The summed E-state index contributed by atoms with van der Waals surface area (Å²) in [6.07, 6.45) is 3.60. The number of fused-ring (bicyclic) bond motifs is 2. The summed E-state index contributed by atoms with van der Waals surface area (Å²) in [4.78, 5) is 12.3. The number of hydrogen-bond acceptors (Lipinski definition) is 7. The number of aromatic amines is 1. The van der Waals surface area contributed by atoms with E-state index in [1.807, 2.05) is 42.6 Å². The highest BCUT2D eigenvalue weighted by molar-refractivity contribution is 5.83. The molecule has 0 amide bonds. The first-order valence-electron chi connectivity index (χ1n) is 9.56. The van der Waals surface area contributed by atoms with Crippen LogP contribution in [0, 0.1) is 0 Å². The van der Waals surface area contributed by atoms with Gasteiger partial charge in [-0.15, -0.1) is 5.10 Å². The van der Waals surface area contributed by atoms with Crippen molar-refractivity contribution >= 4 is 28.2 Å². The third-order valence-electron chi connectivity index (χ3n) is 4.99. The number of H-pyrrole nitrogens is 1. The summed E-state index contributed by atoms with van der Waals surface area (Å²) in [6.45, 7) is 0. The number of rotatable bonds is 6. The molecule has 0 aliphatic carbocycles. The lowest BCUT2D eigenvalue weighted by Gasteiger charge is -2.14. The molecule has 9 nitrogen and oxygen atoms in total. The van der Waals surface area contributed by atoms with Crippen molar-refractivity contribution in [3.8, 4) is 28.6 Å². The number of nitrogens with zero attached hydrogens (tertiary/aromatic N) is 4. The minimum Gasteiger partial charge on any atom is -0.493 e. The molecular weight excluding hydrogens is 396 g/mol. The van der Waals surface area contributed by atoms with Gasteiger partial charge in [-0.2, -0.15) is 9.50 Å². The Morgan fingerprint density at radius 1 is 0.935 bits per heavy atom. The molecule has 9 heteroatoms. The molecule has 0 aliphatic heterocycles. The fourth-order valence-electron chi connectivity index (χ4n) is 3.54. The summed E-state index contributed by atoms with van der Waals surface area (Å²) in [5, 5.41) is 8.99. The molecule has 156 valence electrons. The lowest BCUT2D eigenvalue weighted by molar-refractivity contribution is 0.324. The van der Waals surface area contributed by atoms with Crippen molar-refractivity contribution < 1.29 is 14.2 Å². The molecular formula is C22H20N6O3. The van der Waals surface area contributed by atoms with Gasteiger partial charge in [-0.1, -0.05) is 0 Å². The Morgan fingerprint density at radius 2 is 1.74 bits per heavy atom. The number of nitrogens with one attached hydrogen (secondary N) is 2. The molecule has 3 aromatic heterocycles. The molecule has 0 bridgehead atoms. The molecule has 31 heavy (non-hydrogen) atoms. The summed E-state index contributed by atoms with van der Waals surface area (Å²) in [7, 11) is 4.72. The van der Waals surface area contributed by atoms with Gasteiger partial charge in [-0.25, -0.2) is 4.98 Å². The van der Waals surface area contributed by atoms with Crippen LogP contribution >= 0.6 is 0 Å². The number of methoxy groups -OCH3 is 3. The van der Waals surface area contributed by atoms with Gasteiger partial charge >= 0.3 is 0 Å². The van der Waals surface area contributed by atoms with E-state index in [4.69, 9.17) is 14.2 Å². The summed E-state index contributed by atoms with van der Waals surface area (Å²) >= 11 is 0. The smallest absolute Gasteiger partial charge is 0.247 e. The van der Waals surface area contributed by atoms with E-state index < -0.39 is 0 Å². The van der Waals surface area contributed by atoms with Crippen molar-refractivity contribution in [2.75, 3.05) is 26.6 Å². The summed E-state index contributed by atoms with van der Waals surface area (Å²) in [6, 6.07) is 13.5. The molecule has 5 aromatic rings. The molecule has 0 radical (unpaired) electrons. The molecule has 0 spiro atoms. The first kappa shape index (κ1) is 18.7. The van der Waals surface area contributed by atoms with E-state index in [0.29, 0.717) is 34.7 Å². The van der Waals surface area contributed by atoms with Crippen LogP contribution in [0.3, 0.4) is 0 Å². The molecule has 0 aliphatic rings. The highest BCUT2D eigenvalue weighted by Crippen LogP contribution is 2.40. The lowest BCUT2D eigenvalue weighted by atomic mass is 10.1. The van der Waals surface area contributed by atoms with E-state index in [0.717, 1.165) is 22.2 Å². The number of aromatic nitrogens is 5. The van der Waals surface area contributed by atoms with Gasteiger partial charge in [0.1, 0.15) is 0 Å². The van der Waals surface area contributed by atoms with E-state index >= 15 is 0 Å². The van der Waals surface area contributed by atoms with Crippen molar-refractivity contribution in [2.45, 2.75) is 0 Å². The normalized spacial score (nSPS) is 11.1. The van der Waals surface area contributed by atoms with Gasteiger partial charge in [0, 0.05) is 40.6 Å². The van der Waals surface area contributed by atoms with Crippen LogP contribution in [-0.2, 0) is 0 Å². The topological polar surface area (TPSA) is 98.6 Å². The second-order valence-corrected chi connectivity index (χ2v) is 6.79. The Hall–Kier alpha value is -4.27. The second kappa shape index (κ2) is 7.52. The maximum atomic E-state index is 5.47. The van der Waals surface area contributed by atoms with Gasteiger partial charge in [-0.3, -0.25) is 0 Å². The Bertz CT molecular complexity index is 1370. The standard InChI is InChI=1S/C22H20N6O3/c1-29-17-11-14(12-18(30-2)20(17)31-3)21-24-9-7-19-26-22(27-28(19)21)25-15-4-5-16-13(10-15)6-8-23-16/h4-12,23H,1-3H3,(H,25,27). The molecule has 0 saturated carbocycles. The third kappa shape index (κ3) is 3.25. The van der Waals surface area contributed by atoms with Crippen LogP contribution in [0.4, 0.5) is 11.6 Å². The van der Waals surface area contributed by atoms with Gasteiger partial charge in [0.15, 0.2) is 23.0 Å². The van der Waals surface area contributed by atoms with E-state index in [1.54, 1.807) is 38.1 Å². The fraction of sp³-hybridized carbons (Fsp3) is 0.136. The average Bonchev–Trinajstić information content (AvgIpc) is 3.43. The van der Waals surface area contributed by atoms with Crippen molar-refractivity contribution in [3.63, 3.8) is 0 Å². The number of anilines is 2. The van der Waals surface area contributed by atoms with Gasteiger partial charge in [0.05, 0.1) is 21.3 Å². The number of ether oxygens (including phenoxy) is 3. The first-order chi connectivity index (χ1) is 15.2. The quantitative estimate of drug-likeness (QED) is 0.431.